The summed E-state index contributed by atoms with van der Waals surface area (Å²) in [6, 6.07) is 8.89. The second-order valence-corrected chi connectivity index (χ2v) is 4.06. The maximum Gasteiger partial charge on any atom is 0.514 e. The molecule has 0 spiro atoms. The molecule has 0 amide bonds. The Balaban J connectivity index is 2.29. The number of unbranched alkanes of at least 4 members (excludes halogenated alkanes) is 2. The Bertz CT molecular complexity index is 371. The van der Waals surface area contributed by atoms with Gasteiger partial charge in [-0.25, -0.2) is 4.79 Å². The first-order valence-electron chi connectivity index (χ1n) is 6.32. The summed E-state index contributed by atoms with van der Waals surface area (Å²) in [4.78, 5) is 11.4. The van der Waals surface area contributed by atoms with Gasteiger partial charge in [0, 0.05) is 0 Å². The number of hydrogen-bond donors (Lipinski definition) is 0. The van der Waals surface area contributed by atoms with Gasteiger partial charge in [0.15, 0.2) is 0 Å². The Morgan fingerprint density at radius 2 is 2.06 bits per heavy atom. The van der Waals surface area contributed by atoms with Crippen LogP contribution in [-0.2, 0) is 4.74 Å². The first-order valence-corrected chi connectivity index (χ1v) is 6.32. The van der Waals surface area contributed by atoms with Crippen molar-refractivity contribution in [1.82, 2.24) is 0 Å². The average molecular weight is 248 g/mol. The molecule has 18 heavy (non-hydrogen) atoms. The van der Waals surface area contributed by atoms with Crippen LogP contribution in [0.25, 0.3) is 0 Å². The highest BCUT2D eigenvalue weighted by Crippen LogP contribution is 2.10. The molecule has 0 aliphatic carbocycles. The zero-order valence-electron chi connectivity index (χ0n) is 11.0. The molecule has 1 aromatic rings. The van der Waals surface area contributed by atoms with E-state index in [0.717, 1.165) is 19.3 Å². The number of para-hydroxylation sites is 1. The van der Waals surface area contributed by atoms with Gasteiger partial charge in [-0.3, -0.25) is 0 Å². The Hall–Kier alpha value is -1.77. The lowest BCUT2D eigenvalue weighted by Gasteiger charge is -2.09. The number of ether oxygens (including phenoxy) is 2. The molecule has 1 aromatic carbocycles. The van der Waals surface area contributed by atoms with Gasteiger partial charge in [-0.1, -0.05) is 44.0 Å². The molecule has 1 atom stereocenters. The minimum Gasteiger partial charge on any atom is -0.427 e. The zero-order chi connectivity index (χ0) is 13.2. The normalized spacial score (nSPS) is 12.3. The fourth-order valence-corrected chi connectivity index (χ4v) is 1.41. The van der Waals surface area contributed by atoms with Crippen molar-refractivity contribution in [3.8, 4) is 5.75 Å². The van der Waals surface area contributed by atoms with Gasteiger partial charge in [-0.05, 0) is 31.6 Å². The standard InChI is InChI=1S/C15H20O3/c1-3-4-5-7-10-13(2)17-15(16)18-14-11-8-6-9-12-14/h6-13H,3-5H2,1-2H3. The van der Waals surface area contributed by atoms with E-state index in [1.807, 2.05) is 25.1 Å². The predicted octanol–water partition coefficient (Wildman–Crippen LogP) is 4.34. The smallest absolute Gasteiger partial charge is 0.427 e. The van der Waals surface area contributed by atoms with Crippen molar-refractivity contribution in [3.63, 3.8) is 0 Å². The van der Waals surface area contributed by atoms with Crippen LogP contribution >= 0.6 is 0 Å². The molecule has 0 aromatic heterocycles. The number of allylic oxidation sites excluding steroid dienone is 1. The summed E-state index contributed by atoms with van der Waals surface area (Å²) in [5, 5.41) is 0. The summed E-state index contributed by atoms with van der Waals surface area (Å²) < 4.78 is 10.1. The molecule has 3 heteroatoms. The molecular formula is C15H20O3. The lowest BCUT2D eigenvalue weighted by atomic mass is 10.2. The van der Waals surface area contributed by atoms with Crippen molar-refractivity contribution in [2.45, 2.75) is 39.2 Å². The van der Waals surface area contributed by atoms with E-state index >= 15 is 0 Å². The first kappa shape index (κ1) is 14.3. The van der Waals surface area contributed by atoms with E-state index in [0.29, 0.717) is 5.75 Å². The van der Waals surface area contributed by atoms with Crippen LogP contribution in [0.4, 0.5) is 4.79 Å². The zero-order valence-corrected chi connectivity index (χ0v) is 11.0. The van der Waals surface area contributed by atoms with Crippen LogP contribution in [0.3, 0.4) is 0 Å². The van der Waals surface area contributed by atoms with Gasteiger partial charge in [-0.15, -0.1) is 0 Å². The van der Waals surface area contributed by atoms with Gasteiger partial charge in [0.05, 0.1) is 0 Å². The number of carbonyl (C=O) groups excluding carboxylic acids is 1. The molecule has 0 N–H and O–H groups in total. The van der Waals surface area contributed by atoms with Crippen molar-refractivity contribution in [2.75, 3.05) is 0 Å². The molecule has 1 rings (SSSR count). The van der Waals surface area contributed by atoms with Gasteiger partial charge < -0.3 is 9.47 Å². The molecule has 3 nitrogen and oxygen atoms in total. The fourth-order valence-electron chi connectivity index (χ4n) is 1.41. The molecule has 0 radical (unpaired) electrons. The third-order valence-electron chi connectivity index (χ3n) is 2.36. The SMILES string of the molecule is CCCCC=CC(C)OC(=O)Oc1ccccc1. The van der Waals surface area contributed by atoms with E-state index in [1.54, 1.807) is 24.3 Å². The summed E-state index contributed by atoms with van der Waals surface area (Å²) in [5.74, 6) is 0.490. The van der Waals surface area contributed by atoms with E-state index in [9.17, 15) is 4.79 Å². The van der Waals surface area contributed by atoms with Crippen molar-refractivity contribution in [3.05, 3.63) is 42.5 Å². The Kier molecular flexibility index (Phi) is 6.62. The Morgan fingerprint density at radius 1 is 1.33 bits per heavy atom. The molecule has 0 fully saturated rings. The van der Waals surface area contributed by atoms with Crippen LogP contribution in [0.2, 0.25) is 0 Å². The number of rotatable bonds is 6. The molecule has 0 aliphatic rings. The van der Waals surface area contributed by atoms with Crippen molar-refractivity contribution in [1.29, 1.82) is 0 Å². The minimum absolute atomic E-state index is 0.266. The van der Waals surface area contributed by atoms with Crippen molar-refractivity contribution < 1.29 is 14.3 Å². The predicted molar refractivity (Wildman–Crippen MR) is 71.7 cm³/mol. The van der Waals surface area contributed by atoms with Gasteiger partial charge in [-0.2, -0.15) is 0 Å². The summed E-state index contributed by atoms with van der Waals surface area (Å²) in [6.45, 7) is 3.96. The van der Waals surface area contributed by atoms with Gasteiger partial charge in [0.25, 0.3) is 0 Å². The van der Waals surface area contributed by atoms with Gasteiger partial charge in [0.1, 0.15) is 11.9 Å². The van der Waals surface area contributed by atoms with Crippen LogP contribution in [0, 0.1) is 0 Å². The topological polar surface area (TPSA) is 35.5 Å². The molecule has 98 valence electrons. The van der Waals surface area contributed by atoms with E-state index in [1.165, 1.54) is 0 Å². The molecule has 0 bridgehead atoms. The molecule has 0 heterocycles. The second-order valence-electron chi connectivity index (χ2n) is 4.06. The van der Waals surface area contributed by atoms with Crippen LogP contribution in [-0.4, -0.2) is 12.3 Å². The molecular weight excluding hydrogens is 228 g/mol. The van der Waals surface area contributed by atoms with Gasteiger partial charge in [0.2, 0.25) is 0 Å². The maximum absolute atomic E-state index is 11.4. The van der Waals surface area contributed by atoms with Crippen LogP contribution < -0.4 is 4.74 Å². The van der Waals surface area contributed by atoms with E-state index < -0.39 is 6.16 Å². The first-order chi connectivity index (χ1) is 8.72. The minimum atomic E-state index is -0.672. The largest absolute Gasteiger partial charge is 0.514 e. The van der Waals surface area contributed by atoms with Crippen LogP contribution in [0.1, 0.15) is 33.1 Å². The number of hydrogen-bond acceptors (Lipinski definition) is 3. The second kappa shape index (κ2) is 8.34. The molecule has 0 saturated carbocycles. The molecule has 0 saturated heterocycles. The van der Waals surface area contributed by atoms with Crippen LogP contribution in [0.5, 0.6) is 5.75 Å². The van der Waals surface area contributed by atoms with Crippen molar-refractivity contribution in [2.24, 2.45) is 0 Å². The van der Waals surface area contributed by atoms with Crippen molar-refractivity contribution >= 4 is 6.16 Å². The fraction of sp³-hybridized carbons (Fsp3) is 0.400. The number of carbonyl (C=O) groups is 1. The average Bonchev–Trinajstić information content (AvgIpc) is 2.35. The summed E-state index contributed by atoms with van der Waals surface area (Å²) in [5.41, 5.74) is 0. The Labute approximate surface area is 108 Å². The Morgan fingerprint density at radius 3 is 2.72 bits per heavy atom. The van der Waals surface area contributed by atoms with E-state index in [4.69, 9.17) is 9.47 Å². The highest BCUT2D eigenvalue weighted by atomic mass is 16.7. The summed E-state index contributed by atoms with van der Waals surface area (Å²) in [7, 11) is 0. The summed E-state index contributed by atoms with van der Waals surface area (Å²) >= 11 is 0. The van der Waals surface area contributed by atoms with Gasteiger partial charge >= 0.3 is 6.16 Å². The van der Waals surface area contributed by atoms with Crippen LogP contribution in [0.15, 0.2) is 42.5 Å². The molecule has 1 unspecified atom stereocenters. The lowest BCUT2D eigenvalue weighted by Crippen LogP contribution is -2.16. The molecule has 0 aliphatic heterocycles. The third-order valence-corrected chi connectivity index (χ3v) is 2.36. The monoisotopic (exact) mass is 248 g/mol. The van der Waals surface area contributed by atoms with E-state index in [-0.39, 0.29) is 6.10 Å². The third kappa shape index (κ3) is 6.09. The summed E-state index contributed by atoms with van der Waals surface area (Å²) in [6.07, 6.45) is 6.30. The highest BCUT2D eigenvalue weighted by Gasteiger charge is 2.08. The number of benzene rings is 1. The quantitative estimate of drug-likeness (QED) is 0.325. The van der Waals surface area contributed by atoms with E-state index in [2.05, 4.69) is 6.92 Å². The lowest BCUT2D eigenvalue weighted by molar-refractivity contribution is 0.0823. The highest BCUT2D eigenvalue weighted by molar-refractivity contribution is 5.64. The maximum atomic E-state index is 11.4.